The van der Waals surface area contributed by atoms with E-state index in [0.29, 0.717) is 17.5 Å². The number of ether oxygens (including phenoxy) is 1. The minimum absolute atomic E-state index is 0.0363. The SMILES string of the molecule is COc1ccc(C(=O)N2CCC(n3ccnc3)CC2)cn1. The summed E-state index contributed by atoms with van der Waals surface area (Å²) in [6, 6.07) is 3.91. The van der Waals surface area contributed by atoms with Crippen LogP contribution in [0.15, 0.2) is 37.1 Å². The van der Waals surface area contributed by atoms with E-state index in [9.17, 15) is 4.79 Å². The number of rotatable bonds is 3. The number of nitrogens with zero attached hydrogens (tertiary/aromatic N) is 4. The Morgan fingerprint density at radius 1 is 1.33 bits per heavy atom. The van der Waals surface area contributed by atoms with Crippen LogP contribution in [-0.4, -0.2) is 45.5 Å². The summed E-state index contributed by atoms with van der Waals surface area (Å²) in [4.78, 5) is 22.5. The molecule has 1 saturated heterocycles. The molecule has 2 aromatic rings. The van der Waals surface area contributed by atoms with Crippen LogP contribution in [0.3, 0.4) is 0 Å². The van der Waals surface area contributed by atoms with Crippen molar-refractivity contribution in [2.24, 2.45) is 0 Å². The van der Waals surface area contributed by atoms with Gasteiger partial charge >= 0.3 is 0 Å². The van der Waals surface area contributed by atoms with Crippen LogP contribution in [0.1, 0.15) is 29.2 Å². The molecule has 0 atom stereocenters. The van der Waals surface area contributed by atoms with Crippen molar-refractivity contribution in [1.29, 1.82) is 0 Å². The summed E-state index contributed by atoms with van der Waals surface area (Å²) in [6.07, 6.45) is 9.09. The molecule has 1 fully saturated rings. The monoisotopic (exact) mass is 286 g/mol. The van der Waals surface area contributed by atoms with Gasteiger partial charge in [0.25, 0.3) is 5.91 Å². The molecule has 3 heterocycles. The first-order valence-electron chi connectivity index (χ1n) is 7.04. The first-order valence-corrected chi connectivity index (χ1v) is 7.04. The normalized spacial score (nSPS) is 16.0. The summed E-state index contributed by atoms with van der Waals surface area (Å²) in [5.74, 6) is 0.555. The van der Waals surface area contributed by atoms with E-state index in [1.54, 1.807) is 31.6 Å². The van der Waals surface area contributed by atoms with E-state index in [0.717, 1.165) is 25.9 Å². The van der Waals surface area contributed by atoms with E-state index >= 15 is 0 Å². The van der Waals surface area contributed by atoms with Gasteiger partial charge in [-0.25, -0.2) is 9.97 Å². The lowest BCUT2D eigenvalue weighted by Gasteiger charge is -2.32. The molecule has 0 N–H and O–H groups in total. The highest BCUT2D eigenvalue weighted by atomic mass is 16.5. The molecule has 0 aromatic carbocycles. The number of aromatic nitrogens is 3. The van der Waals surface area contributed by atoms with Crippen LogP contribution in [0.4, 0.5) is 0 Å². The van der Waals surface area contributed by atoms with Gasteiger partial charge < -0.3 is 14.2 Å². The van der Waals surface area contributed by atoms with Crippen LogP contribution in [0.25, 0.3) is 0 Å². The van der Waals surface area contributed by atoms with Gasteiger partial charge in [-0.3, -0.25) is 4.79 Å². The van der Waals surface area contributed by atoms with Gasteiger partial charge in [0.15, 0.2) is 0 Å². The number of amides is 1. The Morgan fingerprint density at radius 3 is 2.71 bits per heavy atom. The minimum atomic E-state index is 0.0363. The molecule has 0 saturated carbocycles. The van der Waals surface area contributed by atoms with Crippen molar-refractivity contribution in [2.45, 2.75) is 18.9 Å². The second-order valence-electron chi connectivity index (χ2n) is 5.12. The van der Waals surface area contributed by atoms with E-state index in [4.69, 9.17) is 4.74 Å². The molecule has 21 heavy (non-hydrogen) atoms. The van der Waals surface area contributed by atoms with E-state index < -0.39 is 0 Å². The molecule has 6 nitrogen and oxygen atoms in total. The Bertz CT molecular complexity index is 587. The quantitative estimate of drug-likeness (QED) is 0.862. The highest BCUT2D eigenvalue weighted by Crippen LogP contribution is 2.23. The molecule has 1 amide bonds. The molecule has 0 unspecified atom stereocenters. The fraction of sp³-hybridized carbons (Fsp3) is 0.400. The van der Waals surface area contributed by atoms with Crippen LogP contribution >= 0.6 is 0 Å². The molecule has 1 aliphatic rings. The molecule has 6 heteroatoms. The smallest absolute Gasteiger partial charge is 0.255 e. The van der Waals surface area contributed by atoms with Crippen molar-refractivity contribution in [2.75, 3.05) is 20.2 Å². The van der Waals surface area contributed by atoms with Gasteiger partial charge in [-0.15, -0.1) is 0 Å². The zero-order valence-corrected chi connectivity index (χ0v) is 12.0. The highest BCUT2D eigenvalue weighted by molar-refractivity contribution is 5.94. The van der Waals surface area contributed by atoms with E-state index in [1.165, 1.54) is 0 Å². The summed E-state index contributed by atoms with van der Waals surface area (Å²) >= 11 is 0. The third-order valence-electron chi connectivity index (χ3n) is 3.89. The van der Waals surface area contributed by atoms with Gasteiger partial charge in [0.1, 0.15) is 0 Å². The van der Waals surface area contributed by atoms with Crippen molar-refractivity contribution in [3.05, 3.63) is 42.6 Å². The average Bonchev–Trinajstić information content (AvgIpc) is 3.09. The van der Waals surface area contributed by atoms with Gasteiger partial charge in [-0.1, -0.05) is 0 Å². The fourth-order valence-electron chi connectivity index (χ4n) is 2.66. The number of methoxy groups -OCH3 is 1. The number of carbonyl (C=O) groups is 1. The Labute approximate surface area is 123 Å². The molecule has 3 rings (SSSR count). The Kier molecular flexibility index (Phi) is 3.85. The van der Waals surface area contributed by atoms with Crippen molar-refractivity contribution in [1.82, 2.24) is 19.4 Å². The van der Waals surface area contributed by atoms with Crippen LogP contribution in [-0.2, 0) is 0 Å². The van der Waals surface area contributed by atoms with Crippen LogP contribution in [0, 0.1) is 0 Å². The number of hydrogen-bond donors (Lipinski definition) is 0. The number of hydrogen-bond acceptors (Lipinski definition) is 4. The standard InChI is InChI=1S/C15H18N4O2/c1-21-14-3-2-12(10-17-14)15(20)18-7-4-13(5-8-18)19-9-6-16-11-19/h2-3,6,9-11,13H,4-5,7-8H2,1H3. The Morgan fingerprint density at radius 2 is 2.14 bits per heavy atom. The summed E-state index contributed by atoms with van der Waals surface area (Å²) in [7, 11) is 1.56. The molecule has 110 valence electrons. The zero-order valence-electron chi connectivity index (χ0n) is 12.0. The van der Waals surface area contributed by atoms with Crippen molar-refractivity contribution >= 4 is 5.91 Å². The summed E-state index contributed by atoms with van der Waals surface area (Å²) in [5, 5.41) is 0. The number of pyridine rings is 1. The third-order valence-corrected chi connectivity index (χ3v) is 3.89. The number of likely N-dealkylation sites (tertiary alicyclic amines) is 1. The fourth-order valence-corrected chi connectivity index (χ4v) is 2.66. The largest absolute Gasteiger partial charge is 0.481 e. The second-order valence-corrected chi connectivity index (χ2v) is 5.12. The van der Waals surface area contributed by atoms with Gasteiger partial charge in [-0.2, -0.15) is 0 Å². The lowest BCUT2D eigenvalue weighted by Crippen LogP contribution is -2.38. The molecule has 0 radical (unpaired) electrons. The molecule has 0 bridgehead atoms. The van der Waals surface area contributed by atoms with E-state index in [1.807, 2.05) is 17.4 Å². The average molecular weight is 286 g/mol. The van der Waals surface area contributed by atoms with Crippen LogP contribution < -0.4 is 4.74 Å². The number of carbonyl (C=O) groups excluding carboxylic acids is 1. The van der Waals surface area contributed by atoms with Crippen LogP contribution in [0.2, 0.25) is 0 Å². The van der Waals surface area contributed by atoms with Crippen molar-refractivity contribution in [3.8, 4) is 5.88 Å². The lowest BCUT2D eigenvalue weighted by molar-refractivity contribution is 0.0694. The summed E-state index contributed by atoms with van der Waals surface area (Å²) in [6.45, 7) is 1.52. The molecule has 0 aliphatic carbocycles. The predicted molar refractivity (Wildman–Crippen MR) is 77.2 cm³/mol. The van der Waals surface area contributed by atoms with Gasteiger partial charge in [-0.05, 0) is 18.9 Å². The lowest BCUT2D eigenvalue weighted by atomic mass is 10.0. The number of imidazole rings is 1. The Balaban J connectivity index is 1.62. The van der Waals surface area contributed by atoms with Gasteiger partial charge in [0.05, 0.1) is 19.0 Å². The maximum absolute atomic E-state index is 12.4. The molecular weight excluding hydrogens is 268 g/mol. The minimum Gasteiger partial charge on any atom is -0.481 e. The molecular formula is C15H18N4O2. The van der Waals surface area contributed by atoms with Gasteiger partial charge in [0.2, 0.25) is 5.88 Å². The third kappa shape index (κ3) is 2.89. The van der Waals surface area contributed by atoms with Crippen LogP contribution in [0.5, 0.6) is 5.88 Å². The van der Waals surface area contributed by atoms with E-state index in [2.05, 4.69) is 14.5 Å². The zero-order chi connectivity index (χ0) is 14.7. The maximum atomic E-state index is 12.4. The first-order chi connectivity index (χ1) is 10.3. The van der Waals surface area contributed by atoms with Crippen molar-refractivity contribution in [3.63, 3.8) is 0 Å². The number of piperidine rings is 1. The topological polar surface area (TPSA) is 60.2 Å². The Hall–Kier alpha value is -2.37. The summed E-state index contributed by atoms with van der Waals surface area (Å²) < 4.78 is 7.13. The van der Waals surface area contributed by atoms with Gasteiger partial charge in [0, 0.05) is 43.8 Å². The molecule has 2 aromatic heterocycles. The van der Waals surface area contributed by atoms with E-state index in [-0.39, 0.29) is 5.91 Å². The highest BCUT2D eigenvalue weighted by Gasteiger charge is 2.24. The first kappa shape index (κ1) is 13.6. The second kappa shape index (κ2) is 5.95. The maximum Gasteiger partial charge on any atom is 0.255 e. The van der Waals surface area contributed by atoms with Crippen molar-refractivity contribution < 1.29 is 9.53 Å². The predicted octanol–water partition coefficient (Wildman–Crippen LogP) is 1.76. The molecule has 1 aliphatic heterocycles. The summed E-state index contributed by atoms with van der Waals surface area (Å²) in [5.41, 5.74) is 0.608. The molecule has 0 spiro atoms.